The van der Waals surface area contributed by atoms with Gasteiger partial charge in [-0.05, 0) is 180 Å². The smallest absolute Gasteiger partial charge is 0.0645 e. The molecular formula is C82H79N3. The van der Waals surface area contributed by atoms with Gasteiger partial charge in [0.1, 0.15) is 0 Å². The van der Waals surface area contributed by atoms with Gasteiger partial charge >= 0.3 is 0 Å². The lowest BCUT2D eigenvalue weighted by Crippen LogP contribution is -2.18. The highest BCUT2D eigenvalue weighted by atomic mass is 15.2. The molecule has 0 unspecified atom stereocenters. The summed E-state index contributed by atoms with van der Waals surface area (Å²) in [5.41, 5.74) is 14.5. The first-order chi connectivity index (χ1) is 45.6. The maximum Gasteiger partial charge on any atom is 0.0645 e. The summed E-state index contributed by atoms with van der Waals surface area (Å²) in [6, 6.07) is 57.8. The molecule has 85 heavy (non-hydrogen) atoms. The second kappa shape index (κ2) is 22.1. The maximum atomic E-state index is 9.80. The fraction of sp³-hybridized carbons (Fsp3) is 0.195. The van der Waals surface area contributed by atoms with Crippen molar-refractivity contribution in [1.82, 2.24) is 4.57 Å². The Morgan fingerprint density at radius 2 is 0.824 bits per heavy atom. The summed E-state index contributed by atoms with van der Waals surface area (Å²) in [6.07, 6.45) is 0. The van der Waals surface area contributed by atoms with E-state index in [9.17, 15) is 5.48 Å². The number of para-hydroxylation sites is 2. The van der Waals surface area contributed by atoms with Crippen LogP contribution in [0.5, 0.6) is 0 Å². The summed E-state index contributed by atoms with van der Waals surface area (Å²) >= 11 is 0. The minimum absolute atomic E-state index is 0.0842. The minimum atomic E-state index is -0.660. The summed E-state index contributed by atoms with van der Waals surface area (Å²) in [6.45, 7) is 26.8. The highest BCUT2D eigenvalue weighted by molar-refractivity contribution is 6.11. The number of aromatic nitrogens is 1. The van der Waals surface area contributed by atoms with E-state index >= 15 is 0 Å². The average molecular weight is 1120 g/mol. The van der Waals surface area contributed by atoms with Gasteiger partial charge in [0, 0.05) is 56.0 Å². The van der Waals surface area contributed by atoms with Crippen molar-refractivity contribution >= 4 is 55.9 Å². The molecule has 0 atom stereocenters. The maximum absolute atomic E-state index is 9.80. The van der Waals surface area contributed by atoms with E-state index in [1.54, 1.807) is 6.07 Å². The second-order valence-electron chi connectivity index (χ2n) is 26.3. The molecule has 0 spiro atoms. The molecule has 1 heterocycles. The van der Waals surface area contributed by atoms with Crippen LogP contribution in [0.1, 0.15) is 122 Å². The van der Waals surface area contributed by atoms with Crippen molar-refractivity contribution in [3.05, 3.63) is 283 Å². The monoisotopic (exact) mass is 1120 g/mol. The van der Waals surface area contributed by atoms with Crippen molar-refractivity contribution in [2.45, 2.75) is 105 Å². The van der Waals surface area contributed by atoms with Crippen LogP contribution in [-0.2, 0) is 21.7 Å². The van der Waals surface area contributed by atoms with Gasteiger partial charge in [-0.25, -0.2) is 0 Å². The number of anilines is 6. The van der Waals surface area contributed by atoms with Crippen LogP contribution in [0.4, 0.5) is 34.1 Å². The van der Waals surface area contributed by atoms with Gasteiger partial charge in [-0.15, -0.1) is 0 Å². The van der Waals surface area contributed by atoms with Gasteiger partial charge in [-0.3, -0.25) is 0 Å². The molecule has 3 nitrogen and oxygen atoms in total. The predicted molar refractivity (Wildman–Crippen MR) is 367 cm³/mol. The number of hydrogen-bond acceptors (Lipinski definition) is 2. The molecule has 0 N–H and O–H groups in total. The van der Waals surface area contributed by atoms with Crippen LogP contribution < -0.4 is 9.80 Å². The lowest BCUT2D eigenvalue weighted by atomic mass is 9.80. The molecule has 1 aromatic heterocycles. The zero-order chi connectivity index (χ0) is 69.9. The van der Waals surface area contributed by atoms with Crippen molar-refractivity contribution in [1.29, 1.82) is 0 Å². The molecule has 0 amide bonds. The summed E-state index contributed by atoms with van der Waals surface area (Å²) < 4.78 is 110. The molecule has 0 aliphatic carbocycles. The SMILES string of the molecule is [2H]c1cc(N(c2cccc(N(c3cccc(C(C)(C)C)c3)c3c(-c4ccccc4)cc(C(C)(C)C)cc3-c3cccc(-c4ccc5c(c4)c4ccccc4n5-c4cc(C(C)(C)C)cc(C(C)(C)C)c4)c3)c2)c2cc([2H])c(-c3c([2H])c([2H])c([2H])c([2H])c3[2H])c([2H])c2[2H])c([2H])c([2H])c1[2H]. The highest BCUT2D eigenvalue weighted by Crippen LogP contribution is 2.51. The quantitative estimate of drug-likeness (QED) is 0.128. The van der Waals surface area contributed by atoms with Gasteiger partial charge in [0.25, 0.3) is 0 Å². The second-order valence-corrected chi connectivity index (χ2v) is 26.3. The van der Waals surface area contributed by atoms with E-state index in [0.29, 0.717) is 11.4 Å². The number of fused-ring (bicyclic) bond motifs is 3. The minimum Gasteiger partial charge on any atom is -0.310 e. The van der Waals surface area contributed by atoms with Crippen LogP contribution >= 0.6 is 0 Å². The Labute approximate surface area is 522 Å². The molecule has 11 aromatic carbocycles. The molecular weight excluding hydrogens is 1030 g/mol. The van der Waals surface area contributed by atoms with E-state index in [0.717, 1.165) is 83.4 Å². The Bertz CT molecular complexity index is 5080. The fourth-order valence-corrected chi connectivity index (χ4v) is 11.3. The van der Waals surface area contributed by atoms with E-state index in [4.69, 9.17) is 11.0 Å². The summed E-state index contributed by atoms with van der Waals surface area (Å²) in [4.78, 5) is 3.67. The standard InChI is InChI=1S/C82H79N3/c1-79(2,3)62-33-25-36-68(50-62)84(70-38-26-37-69(55-70)83(66-34-20-15-21-35-66)67-44-41-57(42-45-67)56-27-16-13-17-28-56)78-73(58-29-18-14-19-30-58)53-65(82(10,11)12)54-74(78)61-32-24-31-59(47-61)60-43-46-77-75(48-60)72-39-22-23-40-76(72)85(77)71-51-63(80(4,5)6)49-64(52-71)81(7,8)9/h13-55H,1-12H3/i13D,15D,16D,17D,20D,21D,27D,28D,34D,41D,42D,44D. The van der Waals surface area contributed by atoms with E-state index in [1.807, 2.05) is 36.4 Å². The molecule has 422 valence electrons. The molecule has 12 aromatic rings. The van der Waals surface area contributed by atoms with Crippen LogP contribution in [0.2, 0.25) is 0 Å². The Balaban J connectivity index is 1.12. The van der Waals surface area contributed by atoms with Gasteiger partial charge in [0.15, 0.2) is 0 Å². The summed E-state index contributed by atoms with van der Waals surface area (Å²) in [7, 11) is 0. The molecule has 0 saturated heterocycles. The average Bonchev–Trinajstić information content (AvgIpc) is 1.72. The van der Waals surface area contributed by atoms with E-state index in [2.05, 4.69) is 226 Å². The van der Waals surface area contributed by atoms with E-state index in [1.165, 1.54) is 28.2 Å². The van der Waals surface area contributed by atoms with Crippen molar-refractivity contribution < 1.29 is 16.4 Å². The predicted octanol–water partition coefficient (Wildman–Crippen LogP) is 23.6. The highest BCUT2D eigenvalue weighted by Gasteiger charge is 2.29. The summed E-state index contributed by atoms with van der Waals surface area (Å²) in [5.74, 6) is 0. The van der Waals surface area contributed by atoms with Gasteiger partial charge in [0.2, 0.25) is 0 Å². The topological polar surface area (TPSA) is 11.4 Å². The van der Waals surface area contributed by atoms with Crippen LogP contribution in [0, 0.1) is 0 Å². The molecule has 0 aliphatic heterocycles. The summed E-state index contributed by atoms with van der Waals surface area (Å²) in [5, 5.41) is 2.27. The zero-order valence-electron chi connectivity index (χ0n) is 62.7. The largest absolute Gasteiger partial charge is 0.310 e. The number of benzene rings is 11. The molecule has 0 saturated carbocycles. The van der Waals surface area contributed by atoms with Crippen LogP contribution in [0.15, 0.2) is 261 Å². The van der Waals surface area contributed by atoms with Gasteiger partial charge in [-0.2, -0.15) is 0 Å². The third kappa shape index (κ3) is 11.4. The van der Waals surface area contributed by atoms with Crippen molar-refractivity contribution in [3.8, 4) is 50.2 Å². The van der Waals surface area contributed by atoms with Gasteiger partial charge < -0.3 is 14.4 Å². The lowest BCUT2D eigenvalue weighted by Gasteiger charge is -2.34. The molecule has 0 fully saturated rings. The van der Waals surface area contributed by atoms with Gasteiger partial charge in [0.05, 0.1) is 33.2 Å². The number of hydrogen-bond donors (Lipinski definition) is 0. The third-order valence-electron chi connectivity index (χ3n) is 16.1. The zero-order valence-corrected chi connectivity index (χ0v) is 50.7. The molecule has 0 radical (unpaired) electrons. The Morgan fingerprint density at radius 1 is 0.294 bits per heavy atom. The number of rotatable bonds is 11. The lowest BCUT2D eigenvalue weighted by molar-refractivity contribution is 0.568. The fourth-order valence-electron chi connectivity index (χ4n) is 11.3. The molecule has 3 heteroatoms. The first-order valence-corrected chi connectivity index (χ1v) is 29.2. The first-order valence-electron chi connectivity index (χ1n) is 35.2. The van der Waals surface area contributed by atoms with Crippen molar-refractivity contribution in [2.24, 2.45) is 0 Å². The Hall–Kier alpha value is -9.18. The third-order valence-corrected chi connectivity index (χ3v) is 16.1. The molecule has 0 aliphatic rings. The number of nitrogens with zero attached hydrogens (tertiary/aromatic N) is 3. The van der Waals surface area contributed by atoms with Crippen molar-refractivity contribution in [3.63, 3.8) is 0 Å². The Morgan fingerprint density at radius 3 is 1.53 bits per heavy atom. The molecule has 0 bridgehead atoms. The van der Waals surface area contributed by atoms with Crippen molar-refractivity contribution in [2.75, 3.05) is 9.80 Å². The van der Waals surface area contributed by atoms with E-state index < -0.39 is 72.0 Å². The van der Waals surface area contributed by atoms with Crippen LogP contribution in [0.25, 0.3) is 72.0 Å². The normalized spacial score (nSPS) is 14.2. The Kier molecular flexibility index (Phi) is 11.3. The van der Waals surface area contributed by atoms with Crippen LogP contribution in [0.3, 0.4) is 0 Å². The molecule has 12 rings (SSSR count). The first kappa shape index (κ1) is 43.5. The van der Waals surface area contributed by atoms with Crippen LogP contribution in [-0.4, -0.2) is 4.57 Å². The van der Waals surface area contributed by atoms with E-state index in [-0.39, 0.29) is 44.6 Å². The van der Waals surface area contributed by atoms with Gasteiger partial charge in [-0.1, -0.05) is 241 Å².